The maximum atomic E-state index is 5.69. The van der Waals surface area contributed by atoms with Gasteiger partial charge in [-0.2, -0.15) is 4.98 Å². The number of aryl methyl sites for hydroxylation is 1. The van der Waals surface area contributed by atoms with Crippen LogP contribution in [-0.2, 0) is 4.74 Å². The van der Waals surface area contributed by atoms with Crippen LogP contribution in [0, 0.1) is 6.92 Å². The van der Waals surface area contributed by atoms with Gasteiger partial charge in [-0.3, -0.25) is 0 Å². The van der Waals surface area contributed by atoms with Crippen molar-refractivity contribution < 1.29 is 9.26 Å². The van der Waals surface area contributed by atoms with Crippen LogP contribution in [0.25, 0.3) is 11.5 Å². The number of ether oxygens (including phenoxy) is 1. The molecule has 0 aliphatic carbocycles. The molecule has 2 aromatic rings. The molecule has 0 bridgehead atoms. The fourth-order valence-electron chi connectivity index (χ4n) is 1.54. The predicted octanol–water partition coefficient (Wildman–Crippen LogP) is 2.33. The molecule has 0 aliphatic heterocycles. The van der Waals surface area contributed by atoms with Crippen molar-refractivity contribution >= 4 is 5.69 Å². The molecule has 1 aromatic carbocycles. The van der Waals surface area contributed by atoms with Crippen molar-refractivity contribution in [1.82, 2.24) is 10.1 Å². The first kappa shape index (κ1) is 11.6. The van der Waals surface area contributed by atoms with Gasteiger partial charge in [-0.1, -0.05) is 5.16 Å². The van der Waals surface area contributed by atoms with Crippen LogP contribution in [-0.4, -0.2) is 17.3 Å². The number of rotatable bonds is 3. The highest BCUT2D eigenvalue weighted by Gasteiger charge is 2.15. The molecular formula is C12H15N3O2. The Kier molecular flexibility index (Phi) is 3.10. The smallest absolute Gasteiger partial charge is 0.258 e. The van der Waals surface area contributed by atoms with Crippen LogP contribution >= 0.6 is 0 Å². The first-order chi connectivity index (χ1) is 8.11. The highest BCUT2D eigenvalue weighted by Crippen LogP contribution is 2.25. The summed E-state index contributed by atoms with van der Waals surface area (Å²) in [6.07, 6.45) is -0.179. The first-order valence-electron chi connectivity index (χ1n) is 5.34. The quantitative estimate of drug-likeness (QED) is 0.823. The molecular weight excluding hydrogens is 218 g/mol. The predicted molar refractivity (Wildman–Crippen MR) is 64.3 cm³/mol. The lowest BCUT2D eigenvalue weighted by molar-refractivity contribution is 0.109. The standard InChI is InChI=1S/C12H15N3O2/c1-7-6-9(13)4-5-10(7)12-14-11(15-17-12)8(2)16-3/h4-6,8H,13H2,1-3H3. The van der Waals surface area contributed by atoms with Crippen LogP contribution in [0.3, 0.4) is 0 Å². The van der Waals surface area contributed by atoms with Gasteiger partial charge in [0.25, 0.3) is 5.89 Å². The molecule has 1 heterocycles. The monoisotopic (exact) mass is 233 g/mol. The number of anilines is 1. The normalized spacial score (nSPS) is 12.6. The fraction of sp³-hybridized carbons (Fsp3) is 0.333. The maximum absolute atomic E-state index is 5.69. The van der Waals surface area contributed by atoms with Crippen molar-refractivity contribution in [2.24, 2.45) is 0 Å². The van der Waals surface area contributed by atoms with Crippen LogP contribution in [0.15, 0.2) is 22.7 Å². The SMILES string of the molecule is COC(C)c1noc(-c2ccc(N)cc2C)n1. The summed E-state index contributed by atoms with van der Waals surface area (Å²) >= 11 is 0. The van der Waals surface area contributed by atoms with E-state index in [-0.39, 0.29) is 6.10 Å². The van der Waals surface area contributed by atoms with E-state index in [0.717, 1.165) is 16.8 Å². The van der Waals surface area contributed by atoms with E-state index in [2.05, 4.69) is 10.1 Å². The van der Waals surface area contributed by atoms with E-state index in [9.17, 15) is 0 Å². The van der Waals surface area contributed by atoms with E-state index in [1.54, 1.807) is 7.11 Å². The third-order valence-electron chi connectivity index (χ3n) is 2.64. The third-order valence-corrected chi connectivity index (χ3v) is 2.64. The van der Waals surface area contributed by atoms with Crippen LogP contribution in [0.2, 0.25) is 0 Å². The lowest BCUT2D eigenvalue weighted by atomic mass is 10.1. The summed E-state index contributed by atoms with van der Waals surface area (Å²) in [6, 6.07) is 5.56. The lowest BCUT2D eigenvalue weighted by Gasteiger charge is -2.02. The van der Waals surface area contributed by atoms with Crippen LogP contribution < -0.4 is 5.73 Å². The summed E-state index contributed by atoms with van der Waals surface area (Å²) in [4.78, 5) is 4.30. The average molecular weight is 233 g/mol. The number of nitrogens with zero attached hydrogens (tertiary/aromatic N) is 2. The summed E-state index contributed by atoms with van der Waals surface area (Å²) in [5.74, 6) is 1.03. The van der Waals surface area contributed by atoms with E-state index in [1.165, 1.54) is 0 Å². The molecule has 90 valence electrons. The van der Waals surface area contributed by atoms with Crippen molar-refractivity contribution in [3.8, 4) is 11.5 Å². The Morgan fingerprint density at radius 3 is 2.82 bits per heavy atom. The minimum atomic E-state index is -0.179. The van der Waals surface area contributed by atoms with Gasteiger partial charge in [0, 0.05) is 18.4 Å². The molecule has 1 unspecified atom stereocenters. The lowest BCUT2D eigenvalue weighted by Crippen LogP contribution is -1.97. The minimum Gasteiger partial charge on any atom is -0.399 e. The molecule has 0 radical (unpaired) electrons. The number of nitrogens with two attached hydrogens (primary N) is 1. The van der Waals surface area contributed by atoms with Gasteiger partial charge < -0.3 is 15.0 Å². The first-order valence-corrected chi connectivity index (χ1v) is 5.34. The molecule has 2 N–H and O–H groups in total. The van der Waals surface area contributed by atoms with Crippen molar-refractivity contribution in [2.75, 3.05) is 12.8 Å². The number of hydrogen-bond acceptors (Lipinski definition) is 5. The average Bonchev–Trinajstić information content (AvgIpc) is 2.77. The molecule has 1 aromatic heterocycles. The van der Waals surface area contributed by atoms with Crippen molar-refractivity contribution in [1.29, 1.82) is 0 Å². The van der Waals surface area contributed by atoms with Gasteiger partial charge in [0.1, 0.15) is 6.10 Å². The Morgan fingerprint density at radius 1 is 1.41 bits per heavy atom. The zero-order valence-corrected chi connectivity index (χ0v) is 10.1. The van der Waals surface area contributed by atoms with E-state index in [0.29, 0.717) is 11.7 Å². The Balaban J connectivity index is 2.37. The van der Waals surface area contributed by atoms with Gasteiger partial charge in [-0.05, 0) is 37.6 Å². The molecule has 0 saturated carbocycles. The van der Waals surface area contributed by atoms with Crippen LogP contribution in [0.1, 0.15) is 24.4 Å². The van der Waals surface area contributed by atoms with Gasteiger partial charge in [0.05, 0.1) is 0 Å². The maximum Gasteiger partial charge on any atom is 0.258 e. The topological polar surface area (TPSA) is 74.2 Å². The van der Waals surface area contributed by atoms with Crippen molar-refractivity contribution in [3.05, 3.63) is 29.6 Å². The minimum absolute atomic E-state index is 0.179. The Bertz CT molecular complexity index is 522. The molecule has 1 atom stereocenters. The molecule has 5 nitrogen and oxygen atoms in total. The van der Waals surface area contributed by atoms with Crippen molar-refractivity contribution in [3.63, 3.8) is 0 Å². The Labute approximate surface area is 99.6 Å². The Hall–Kier alpha value is -1.88. The summed E-state index contributed by atoms with van der Waals surface area (Å²) in [6.45, 7) is 3.82. The van der Waals surface area contributed by atoms with E-state index >= 15 is 0 Å². The molecule has 0 amide bonds. The van der Waals surface area contributed by atoms with E-state index in [1.807, 2.05) is 32.0 Å². The summed E-state index contributed by atoms with van der Waals surface area (Å²) in [5, 5.41) is 3.88. The molecule has 0 aliphatic rings. The molecule has 17 heavy (non-hydrogen) atoms. The van der Waals surface area contributed by atoms with E-state index < -0.39 is 0 Å². The molecule has 2 rings (SSSR count). The van der Waals surface area contributed by atoms with Crippen LogP contribution in [0.4, 0.5) is 5.69 Å². The molecule has 0 saturated heterocycles. The zero-order chi connectivity index (χ0) is 12.4. The number of hydrogen-bond donors (Lipinski definition) is 1. The van der Waals surface area contributed by atoms with Crippen LogP contribution in [0.5, 0.6) is 0 Å². The largest absolute Gasteiger partial charge is 0.399 e. The molecule has 5 heteroatoms. The van der Waals surface area contributed by atoms with E-state index in [4.69, 9.17) is 15.0 Å². The summed E-state index contributed by atoms with van der Waals surface area (Å²) in [7, 11) is 1.61. The number of methoxy groups -OCH3 is 1. The molecule has 0 fully saturated rings. The van der Waals surface area contributed by atoms with Gasteiger partial charge in [0.2, 0.25) is 5.82 Å². The Morgan fingerprint density at radius 2 is 2.18 bits per heavy atom. The third kappa shape index (κ3) is 2.29. The zero-order valence-electron chi connectivity index (χ0n) is 10.1. The van der Waals surface area contributed by atoms with Crippen molar-refractivity contribution in [2.45, 2.75) is 20.0 Å². The summed E-state index contributed by atoms with van der Waals surface area (Å²) in [5.41, 5.74) is 8.31. The van der Waals surface area contributed by atoms with Gasteiger partial charge in [0.15, 0.2) is 0 Å². The van der Waals surface area contributed by atoms with Gasteiger partial charge in [-0.25, -0.2) is 0 Å². The van der Waals surface area contributed by atoms with Gasteiger partial charge >= 0.3 is 0 Å². The van der Waals surface area contributed by atoms with Gasteiger partial charge in [-0.15, -0.1) is 0 Å². The number of aromatic nitrogens is 2. The highest BCUT2D eigenvalue weighted by molar-refractivity contribution is 5.62. The molecule has 0 spiro atoms. The second kappa shape index (κ2) is 4.55. The number of benzene rings is 1. The second-order valence-electron chi connectivity index (χ2n) is 3.91. The number of nitrogen functional groups attached to an aromatic ring is 1. The summed E-state index contributed by atoms with van der Waals surface area (Å²) < 4.78 is 10.3. The fourth-order valence-corrected chi connectivity index (χ4v) is 1.54. The second-order valence-corrected chi connectivity index (χ2v) is 3.91. The highest BCUT2D eigenvalue weighted by atomic mass is 16.5.